The van der Waals surface area contributed by atoms with E-state index in [1.54, 1.807) is 0 Å². The van der Waals surface area contributed by atoms with Crippen LogP contribution in [0.4, 0.5) is 0 Å². The Labute approximate surface area is 201 Å². The first-order valence-corrected chi connectivity index (χ1v) is 12.8. The molecule has 6 atom stereocenters. The first-order chi connectivity index (χ1) is 16.4. The third-order valence-corrected chi connectivity index (χ3v) is 9.33. The highest BCUT2D eigenvalue weighted by atomic mass is 16.7. The highest BCUT2D eigenvalue weighted by Gasteiger charge is 2.59. The Morgan fingerprint density at radius 2 is 1.88 bits per heavy atom. The zero-order valence-corrected chi connectivity index (χ0v) is 20.2. The van der Waals surface area contributed by atoms with Crippen LogP contribution in [0.15, 0.2) is 29.8 Å². The zero-order chi connectivity index (χ0) is 23.4. The van der Waals surface area contributed by atoms with Crippen LogP contribution in [0.2, 0.25) is 0 Å². The van der Waals surface area contributed by atoms with E-state index in [-0.39, 0.29) is 29.3 Å². The molecule has 0 spiro atoms. The van der Waals surface area contributed by atoms with Gasteiger partial charge in [-0.2, -0.15) is 0 Å². The van der Waals surface area contributed by atoms with Gasteiger partial charge in [-0.1, -0.05) is 31.6 Å². The second-order valence-corrected chi connectivity index (χ2v) is 11.1. The molecule has 1 aromatic carbocycles. The van der Waals surface area contributed by atoms with Crippen molar-refractivity contribution in [2.45, 2.75) is 51.9 Å². The lowest BCUT2D eigenvalue weighted by molar-refractivity contribution is -0.145. The number of hydrogen-bond donors (Lipinski definition) is 1. The van der Waals surface area contributed by atoms with Crippen LogP contribution in [0.5, 0.6) is 11.5 Å². The molecule has 0 aromatic heterocycles. The molecule has 5 aliphatic rings. The minimum atomic E-state index is -0.531. The SMILES string of the molecule is C[C@H]1CCC=C2C[C@H]3OC(=O)[C@H](CN4CCN(Cc5ccc6c(c5)OCO6)CC4)[C@@H]3[C@@H](O)[C@@]21C. The minimum Gasteiger partial charge on any atom is -0.461 e. The average molecular weight is 469 g/mol. The molecule has 0 bridgehead atoms. The standard InChI is InChI=1S/C27H36N2O5/c1-17-4-3-5-19-13-23-24(25(30)27(17,19)2)20(26(31)34-23)15-29-10-8-28(9-11-29)14-18-6-7-21-22(12-18)33-16-32-21/h5-7,12,17,20,23-25,30H,3-4,8-11,13-16H2,1-2H3/t17-,20+,23+,24-,25+,27+/m0/s1. The summed E-state index contributed by atoms with van der Waals surface area (Å²) in [4.78, 5) is 17.8. The number of hydrogen-bond acceptors (Lipinski definition) is 7. The normalized spacial score (nSPS) is 37.7. The van der Waals surface area contributed by atoms with Crippen molar-refractivity contribution in [2.75, 3.05) is 39.5 Å². The number of nitrogens with zero attached hydrogens (tertiary/aromatic N) is 2. The van der Waals surface area contributed by atoms with Crippen molar-refractivity contribution in [3.05, 3.63) is 35.4 Å². The van der Waals surface area contributed by atoms with Gasteiger partial charge in [-0.05, 0) is 36.5 Å². The summed E-state index contributed by atoms with van der Waals surface area (Å²) < 4.78 is 16.8. The van der Waals surface area contributed by atoms with E-state index < -0.39 is 6.10 Å². The molecular weight excluding hydrogens is 432 g/mol. The van der Waals surface area contributed by atoms with Gasteiger partial charge < -0.3 is 19.3 Å². The Kier molecular flexibility index (Phi) is 5.62. The van der Waals surface area contributed by atoms with Gasteiger partial charge in [0.05, 0.1) is 12.0 Å². The summed E-state index contributed by atoms with van der Waals surface area (Å²) in [6.07, 6.45) is 4.53. The maximum Gasteiger partial charge on any atom is 0.311 e. The number of allylic oxidation sites excluding steroid dienone is 1. The molecule has 0 radical (unpaired) electrons. The van der Waals surface area contributed by atoms with E-state index >= 15 is 0 Å². The molecule has 3 heterocycles. The van der Waals surface area contributed by atoms with Gasteiger partial charge in [0.2, 0.25) is 6.79 Å². The van der Waals surface area contributed by atoms with E-state index in [0.29, 0.717) is 19.3 Å². The number of esters is 1. The van der Waals surface area contributed by atoms with E-state index in [1.165, 1.54) is 11.1 Å². The van der Waals surface area contributed by atoms with Crippen LogP contribution in [0, 0.1) is 23.2 Å². The molecule has 34 heavy (non-hydrogen) atoms. The summed E-state index contributed by atoms with van der Waals surface area (Å²) in [5.74, 6) is 1.59. The molecule has 0 unspecified atom stereocenters. The molecule has 1 aromatic rings. The van der Waals surface area contributed by atoms with Gasteiger partial charge in [0, 0.05) is 57.0 Å². The fourth-order valence-electron chi connectivity index (χ4n) is 6.98. The molecule has 3 aliphatic heterocycles. The van der Waals surface area contributed by atoms with Crippen molar-refractivity contribution in [3.63, 3.8) is 0 Å². The number of carbonyl (C=O) groups is 1. The monoisotopic (exact) mass is 468 g/mol. The van der Waals surface area contributed by atoms with E-state index in [0.717, 1.165) is 63.5 Å². The number of rotatable bonds is 4. The minimum absolute atomic E-state index is 0.109. The van der Waals surface area contributed by atoms with Gasteiger partial charge >= 0.3 is 5.97 Å². The molecular formula is C27H36N2O5. The average Bonchev–Trinajstić information content (AvgIpc) is 3.41. The smallest absolute Gasteiger partial charge is 0.311 e. The summed E-state index contributed by atoms with van der Waals surface area (Å²) in [6, 6.07) is 6.16. The number of fused-ring (bicyclic) bond motifs is 3. The summed E-state index contributed by atoms with van der Waals surface area (Å²) in [5.41, 5.74) is 2.28. The maximum atomic E-state index is 12.9. The van der Waals surface area contributed by atoms with Gasteiger partial charge in [-0.15, -0.1) is 0 Å². The summed E-state index contributed by atoms with van der Waals surface area (Å²) in [5, 5.41) is 11.6. The number of aliphatic hydroxyl groups excluding tert-OH is 1. The molecule has 7 heteroatoms. The van der Waals surface area contributed by atoms with Gasteiger partial charge in [0.1, 0.15) is 6.10 Å². The van der Waals surface area contributed by atoms with Crippen LogP contribution in [0.1, 0.15) is 38.7 Å². The van der Waals surface area contributed by atoms with Crippen molar-refractivity contribution in [2.24, 2.45) is 23.2 Å². The number of aliphatic hydroxyl groups is 1. The van der Waals surface area contributed by atoms with E-state index in [1.807, 2.05) is 6.07 Å². The van der Waals surface area contributed by atoms with Crippen molar-refractivity contribution in [3.8, 4) is 11.5 Å². The molecule has 184 valence electrons. The van der Waals surface area contributed by atoms with E-state index in [2.05, 4.69) is 41.9 Å². The van der Waals surface area contributed by atoms with Crippen molar-refractivity contribution in [1.29, 1.82) is 0 Å². The summed E-state index contributed by atoms with van der Waals surface area (Å²) in [6.45, 7) is 10.1. The highest BCUT2D eigenvalue weighted by molar-refractivity contribution is 5.76. The predicted molar refractivity (Wildman–Crippen MR) is 126 cm³/mol. The number of carbonyl (C=O) groups excluding carboxylic acids is 1. The largest absolute Gasteiger partial charge is 0.461 e. The molecule has 7 nitrogen and oxygen atoms in total. The van der Waals surface area contributed by atoms with E-state index in [4.69, 9.17) is 14.2 Å². The molecule has 0 amide bonds. The van der Waals surface area contributed by atoms with Crippen LogP contribution in [-0.2, 0) is 16.1 Å². The Morgan fingerprint density at radius 3 is 2.71 bits per heavy atom. The number of benzene rings is 1. The fourth-order valence-corrected chi connectivity index (χ4v) is 6.98. The van der Waals surface area contributed by atoms with Crippen LogP contribution >= 0.6 is 0 Å². The molecule has 3 fully saturated rings. The lowest BCUT2D eigenvalue weighted by Gasteiger charge is -2.52. The summed E-state index contributed by atoms with van der Waals surface area (Å²) in [7, 11) is 0. The highest BCUT2D eigenvalue weighted by Crippen LogP contribution is 2.56. The van der Waals surface area contributed by atoms with Crippen LogP contribution in [0.3, 0.4) is 0 Å². The Hall–Kier alpha value is -2.09. The molecule has 1 N–H and O–H groups in total. The molecule has 2 saturated heterocycles. The van der Waals surface area contributed by atoms with Crippen LogP contribution < -0.4 is 9.47 Å². The van der Waals surface area contributed by atoms with Gasteiger partial charge in [0.15, 0.2) is 11.5 Å². The zero-order valence-electron chi connectivity index (χ0n) is 20.2. The maximum absolute atomic E-state index is 12.9. The first kappa shape index (κ1) is 22.4. The second-order valence-electron chi connectivity index (χ2n) is 11.1. The predicted octanol–water partition coefficient (Wildman–Crippen LogP) is 2.82. The van der Waals surface area contributed by atoms with Crippen molar-refractivity contribution in [1.82, 2.24) is 9.80 Å². The first-order valence-electron chi connectivity index (χ1n) is 12.8. The van der Waals surface area contributed by atoms with Gasteiger partial charge in [0.25, 0.3) is 0 Å². The van der Waals surface area contributed by atoms with Gasteiger partial charge in [-0.25, -0.2) is 0 Å². The Morgan fingerprint density at radius 1 is 1.12 bits per heavy atom. The molecule has 2 aliphatic carbocycles. The molecule has 6 rings (SSSR count). The fraction of sp³-hybridized carbons (Fsp3) is 0.667. The topological polar surface area (TPSA) is 71.5 Å². The lowest BCUT2D eigenvalue weighted by Crippen LogP contribution is -2.55. The van der Waals surface area contributed by atoms with Gasteiger partial charge in [-0.3, -0.25) is 14.6 Å². The van der Waals surface area contributed by atoms with E-state index in [9.17, 15) is 9.90 Å². The third kappa shape index (κ3) is 3.64. The Balaban J connectivity index is 1.09. The van der Waals surface area contributed by atoms with Crippen molar-refractivity contribution >= 4 is 5.97 Å². The summed E-state index contributed by atoms with van der Waals surface area (Å²) >= 11 is 0. The number of ether oxygens (including phenoxy) is 3. The third-order valence-electron chi connectivity index (χ3n) is 9.33. The lowest BCUT2D eigenvalue weighted by atomic mass is 9.55. The second kappa shape index (κ2) is 8.54. The quantitative estimate of drug-likeness (QED) is 0.538. The van der Waals surface area contributed by atoms with Crippen LogP contribution in [-0.4, -0.2) is 72.6 Å². The molecule has 1 saturated carbocycles. The number of piperazine rings is 1. The Bertz CT molecular complexity index is 987. The van der Waals surface area contributed by atoms with Crippen LogP contribution in [0.25, 0.3) is 0 Å². The van der Waals surface area contributed by atoms with Crippen molar-refractivity contribution < 1.29 is 24.1 Å².